The molecule has 0 saturated heterocycles. The third-order valence-corrected chi connectivity index (χ3v) is 3.96. The maximum atomic E-state index is 12.0. The van der Waals surface area contributed by atoms with E-state index in [1.54, 1.807) is 12.1 Å². The molecule has 0 heterocycles. The highest BCUT2D eigenvalue weighted by Gasteiger charge is 2.07. The van der Waals surface area contributed by atoms with Gasteiger partial charge in [-0.15, -0.1) is 0 Å². The third kappa shape index (κ3) is 6.58. The summed E-state index contributed by atoms with van der Waals surface area (Å²) >= 11 is 0. The van der Waals surface area contributed by atoms with Crippen LogP contribution in [-0.2, 0) is 16.5 Å². The molecular weight excluding hydrogens is 338 g/mol. The minimum Gasteiger partial charge on any atom is -0.383 e. The summed E-state index contributed by atoms with van der Waals surface area (Å²) in [7, 11) is -3.51. The maximum absolute atomic E-state index is 12.0. The topological polar surface area (TPSA) is 72.5 Å². The zero-order valence-corrected chi connectivity index (χ0v) is 15.5. The van der Waals surface area contributed by atoms with Gasteiger partial charge in [0, 0.05) is 12.1 Å². The van der Waals surface area contributed by atoms with E-state index in [0.29, 0.717) is 30.2 Å². The van der Waals surface area contributed by atoms with E-state index < -0.39 is 10.1 Å². The monoisotopic (exact) mass is 361 g/mol. The molecule has 0 unspecified atom stereocenters. The van der Waals surface area contributed by atoms with Gasteiger partial charge < -0.3 is 9.50 Å². The molecule has 0 aliphatic rings. The zero-order valence-electron chi connectivity index (χ0n) is 14.7. The second-order valence-electron chi connectivity index (χ2n) is 6.41. The molecule has 0 radical (unpaired) electrons. The van der Waals surface area contributed by atoms with E-state index >= 15 is 0 Å². The standard InChI is InChI=1S/C19H23NO4S/c1-14(2)13-20-19(21)17-8-4-15(5-9-17)12-16-6-10-18(11-7-16)24-25(3,22)23/h4-11,14H,12-13H2,1-3H3,(H,20,21). The molecule has 2 aromatic carbocycles. The fraction of sp³-hybridized carbons (Fsp3) is 0.316. The highest BCUT2D eigenvalue weighted by molar-refractivity contribution is 7.86. The predicted octanol–water partition coefficient (Wildman–Crippen LogP) is 3.00. The first kappa shape index (κ1) is 19.0. The molecule has 0 spiro atoms. The lowest BCUT2D eigenvalue weighted by molar-refractivity contribution is 0.0949. The molecule has 1 N–H and O–H groups in total. The van der Waals surface area contributed by atoms with Gasteiger partial charge in [0.05, 0.1) is 6.26 Å². The van der Waals surface area contributed by atoms with E-state index in [-0.39, 0.29) is 5.91 Å². The summed E-state index contributed by atoms with van der Waals surface area (Å²) < 4.78 is 27.0. The highest BCUT2D eigenvalue weighted by Crippen LogP contribution is 2.17. The molecule has 0 aliphatic carbocycles. The van der Waals surface area contributed by atoms with Crippen LogP contribution in [0.3, 0.4) is 0 Å². The first-order valence-corrected chi connectivity index (χ1v) is 9.90. The number of benzene rings is 2. The smallest absolute Gasteiger partial charge is 0.306 e. The van der Waals surface area contributed by atoms with E-state index in [1.165, 1.54) is 0 Å². The summed E-state index contributed by atoms with van der Waals surface area (Å²) in [5.74, 6) is 0.642. The average molecular weight is 361 g/mol. The van der Waals surface area contributed by atoms with Crippen LogP contribution in [-0.4, -0.2) is 27.1 Å². The second-order valence-corrected chi connectivity index (χ2v) is 7.98. The van der Waals surface area contributed by atoms with E-state index in [9.17, 15) is 13.2 Å². The summed E-state index contributed by atoms with van der Waals surface area (Å²) in [4.78, 5) is 12.0. The van der Waals surface area contributed by atoms with Crippen LogP contribution in [0.4, 0.5) is 0 Å². The maximum Gasteiger partial charge on any atom is 0.306 e. The molecule has 25 heavy (non-hydrogen) atoms. The summed E-state index contributed by atoms with van der Waals surface area (Å²) in [5, 5.41) is 2.89. The number of rotatable bonds is 7. The molecule has 0 aliphatic heterocycles. The normalized spacial score (nSPS) is 11.4. The number of hydrogen-bond donors (Lipinski definition) is 1. The molecule has 2 aromatic rings. The van der Waals surface area contributed by atoms with Crippen molar-refractivity contribution >= 4 is 16.0 Å². The van der Waals surface area contributed by atoms with Gasteiger partial charge in [-0.2, -0.15) is 8.42 Å². The molecular formula is C19H23NO4S. The number of hydrogen-bond acceptors (Lipinski definition) is 4. The van der Waals surface area contributed by atoms with Gasteiger partial charge in [-0.05, 0) is 47.7 Å². The van der Waals surface area contributed by atoms with Gasteiger partial charge in [0.25, 0.3) is 5.91 Å². The van der Waals surface area contributed by atoms with Gasteiger partial charge in [-0.25, -0.2) is 0 Å². The van der Waals surface area contributed by atoms with Gasteiger partial charge in [0.2, 0.25) is 0 Å². The highest BCUT2D eigenvalue weighted by atomic mass is 32.2. The minimum atomic E-state index is -3.51. The van der Waals surface area contributed by atoms with Crippen LogP contribution in [0.1, 0.15) is 35.3 Å². The quantitative estimate of drug-likeness (QED) is 0.770. The summed E-state index contributed by atoms with van der Waals surface area (Å²) in [6, 6.07) is 14.4. The fourth-order valence-electron chi connectivity index (χ4n) is 2.25. The Bertz CT molecular complexity index is 810. The zero-order chi connectivity index (χ0) is 18.4. The Hall–Kier alpha value is -2.34. The van der Waals surface area contributed by atoms with E-state index in [0.717, 1.165) is 17.4 Å². The Labute approximate surface area is 149 Å². The lowest BCUT2D eigenvalue weighted by atomic mass is 10.0. The lowest BCUT2D eigenvalue weighted by Gasteiger charge is -2.08. The van der Waals surface area contributed by atoms with Crippen molar-refractivity contribution in [3.63, 3.8) is 0 Å². The van der Waals surface area contributed by atoms with E-state index in [1.807, 2.05) is 36.4 Å². The van der Waals surface area contributed by atoms with Crippen molar-refractivity contribution in [2.75, 3.05) is 12.8 Å². The first-order chi connectivity index (χ1) is 11.7. The SMILES string of the molecule is CC(C)CNC(=O)c1ccc(Cc2ccc(OS(C)(=O)=O)cc2)cc1. The van der Waals surface area contributed by atoms with Crippen LogP contribution in [0.25, 0.3) is 0 Å². The Balaban J connectivity index is 1.98. The molecule has 0 aromatic heterocycles. The van der Waals surface area contributed by atoms with Crippen molar-refractivity contribution in [1.82, 2.24) is 5.32 Å². The number of carbonyl (C=O) groups excluding carboxylic acids is 1. The predicted molar refractivity (Wildman–Crippen MR) is 98.3 cm³/mol. The van der Waals surface area contributed by atoms with Crippen LogP contribution in [0, 0.1) is 5.92 Å². The molecule has 2 rings (SSSR count). The van der Waals surface area contributed by atoms with Crippen LogP contribution in [0.5, 0.6) is 5.75 Å². The molecule has 0 fully saturated rings. The van der Waals surface area contributed by atoms with Crippen LogP contribution in [0.2, 0.25) is 0 Å². The average Bonchev–Trinajstić information content (AvgIpc) is 2.54. The van der Waals surface area contributed by atoms with Crippen molar-refractivity contribution in [3.05, 3.63) is 65.2 Å². The second kappa shape index (κ2) is 8.16. The Kier molecular flexibility index (Phi) is 6.20. The fourth-order valence-corrected chi connectivity index (χ4v) is 2.71. The summed E-state index contributed by atoms with van der Waals surface area (Å²) in [6.45, 7) is 4.76. The molecule has 1 amide bonds. The Morgan fingerprint density at radius 2 is 1.52 bits per heavy atom. The van der Waals surface area contributed by atoms with E-state index in [4.69, 9.17) is 4.18 Å². The first-order valence-electron chi connectivity index (χ1n) is 8.08. The van der Waals surface area contributed by atoms with Crippen LogP contribution < -0.4 is 9.50 Å². The third-order valence-electron chi connectivity index (χ3n) is 3.47. The molecule has 134 valence electrons. The van der Waals surface area contributed by atoms with Crippen molar-refractivity contribution in [2.45, 2.75) is 20.3 Å². The largest absolute Gasteiger partial charge is 0.383 e. The lowest BCUT2D eigenvalue weighted by Crippen LogP contribution is -2.27. The number of carbonyl (C=O) groups is 1. The van der Waals surface area contributed by atoms with Crippen molar-refractivity contribution in [1.29, 1.82) is 0 Å². The number of amides is 1. The Morgan fingerprint density at radius 3 is 2.00 bits per heavy atom. The molecule has 0 bridgehead atoms. The number of nitrogens with one attached hydrogen (secondary N) is 1. The molecule has 5 nitrogen and oxygen atoms in total. The van der Waals surface area contributed by atoms with Crippen molar-refractivity contribution in [3.8, 4) is 5.75 Å². The van der Waals surface area contributed by atoms with Gasteiger partial charge in [0.1, 0.15) is 5.75 Å². The molecule has 6 heteroatoms. The van der Waals surface area contributed by atoms with Crippen LogP contribution >= 0.6 is 0 Å². The Morgan fingerprint density at radius 1 is 1.00 bits per heavy atom. The minimum absolute atomic E-state index is 0.0671. The summed E-state index contributed by atoms with van der Waals surface area (Å²) in [5.41, 5.74) is 2.73. The van der Waals surface area contributed by atoms with E-state index in [2.05, 4.69) is 19.2 Å². The molecule has 0 atom stereocenters. The van der Waals surface area contributed by atoms with Crippen LogP contribution in [0.15, 0.2) is 48.5 Å². The van der Waals surface area contributed by atoms with Gasteiger partial charge in [-0.1, -0.05) is 38.1 Å². The van der Waals surface area contributed by atoms with Gasteiger partial charge in [0.15, 0.2) is 0 Å². The summed E-state index contributed by atoms with van der Waals surface area (Å²) in [6.07, 6.45) is 1.70. The van der Waals surface area contributed by atoms with Crippen molar-refractivity contribution in [2.24, 2.45) is 5.92 Å². The van der Waals surface area contributed by atoms with Gasteiger partial charge >= 0.3 is 10.1 Å². The van der Waals surface area contributed by atoms with Crippen molar-refractivity contribution < 1.29 is 17.4 Å². The van der Waals surface area contributed by atoms with Gasteiger partial charge in [-0.3, -0.25) is 4.79 Å². The molecule has 0 saturated carbocycles.